The standard InChI is InChI=1S/C12H11ClO5/c1-17-9-3-2-6(4-8(9)13)11-7(12(15)16)5-10(14)18-11/h2-4,7,11H,5H2,1H3,(H,15,16)/t7-,11+/m0/s1. The minimum absolute atomic E-state index is 0.121. The molecule has 0 bridgehead atoms. The molecule has 0 radical (unpaired) electrons. The van der Waals surface area contributed by atoms with Crippen LogP contribution in [0.15, 0.2) is 18.2 Å². The second-order valence-electron chi connectivity index (χ2n) is 3.95. The molecule has 0 aliphatic carbocycles. The number of hydrogen-bond acceptors (Lipinski definition) is 4. The summed E-state index contributed by atoms with van der Waals surface area (Å²) in [5.74, 6) is -1.96. The minimum atomic E-state index is -1.06. The number of carboxylic acid groups (broad SMARTS) is 1. The van der Waals surface area contributed by atoms with E-state index in [0.717, 1.165) is 0 Å². The van der Waals surface area contributed by atoms with Crippen molar-refractivity contribution in [3.05, 3.63) is 28.8 Å². The lowest BCUT2D eigenvalue weighted by molar-refractivity contribution is -0.144. The van der Waals surface area contributed by atoms with Gasteiger partial charge in [0.2, 0.25) is 0 Å². The number of methoxy groups -OCH3 is 1. The Kier molecular flexibility index (Phi) is 3.43. The van der Waals surface area contributed by atoms with E-state index in [0.29, 0.717) is 16.3 Å². The van der Waals surface area contributed by atoms with Crippen molar-refractivity contribution in [1.29, 1.82) is 0 Å². The molecule has 96 valence electrons. The normalized spacial score (nSPS) is 22.7. The molecule has 1 saturated heterocycles. The lowest BCUT2D eigenvalue weighted by Crippen LogP contribution is -2.17. The summed E-state index contributed by atoms with van der Waals surface area (Å²) in [6.45, 7) is 0. The summed E-state index contributed by atoms with van der Waals surface area (Å²) < 4.78 is 10.0. The van der Waals surface area contributed by atoms with Gasteiger partial charge in [-0.15, -0.1) is 0 Å². The van der Waals surface area contributed by atoms with Crippen LogP contribution in [0.1, 0.15) is 18.1 Å². The number of hydrogen-bond donors (Lipinski definition) is 1. The highest BCUT2D eigenvalue weighted by Gasteiger charge is 2.41. The highest BCUT2D eigenvalue weighted by Crippen LogP contribution is 2.38. The molecule has 1 fully saturated rings. The van der Waals surface area contributed by atoms with Gasteiger partial charge in [-0.05, 0) is 17.7 Å². The fourth-order valence-electron chi connectivity index (χ4n) is 1.94. The van der Waals surface area contributed by atoms with Gasteiger partial charge in [-0.1, -0.05) is 17.7 Å². The van der Waals surface area contributed by atoms with Crippen molar-refractivity contribution in [3.63, 3.8) is 0 Å². The monoisotopic (exact) mass is 270 g/mol. The molecule has 0 amide bonds. The first kappa shape index (κ1) is 12.7. The lowest BCUT2D eigenvalue weighted by atomic mass is 9.95. The fourth-order valence-corrected chi connectivity index (χ4v) is 2.20. The summed E-state index contributed by atoms with van der Waals surface area (Å²) in [4.78, 5) is 22.3. The topological polar surface area (TPSA) is 72.8 Å². The summed E-state index contributed by atoms with van der Waals surface area (Å²) in [5.41, 5.74) is 0.555. The van der Waals surface area contributed by atoms with Crippen molar-refractivity contribution >= 4 is 23.5 Å². The van der Waals surface area contributed by atoms with E-state index in [1.54, 1.807) is 18.2 Å². The lowest BCUT2D eigenvalue weighted by Gasteiger charge is -2.15. The zero-order valence-corrected chi connectivity index (χ0v) is 10.3. The third-order valence-corrected chi connectivity index (χ3v) is 3.13. The van der Waals surface area contributed by atoms with Gasteiger partial charge in [0, 0.05) is 0 Å². The Bertz CT molecular complexity index is 499. The minimum Gasteiger partial charge on any atom is -0.495 e. The van der Waals surface area contributed by atoms with Gasteiger partial charge in [-0.3, -0.25) is 9.59 Å². The molecule has 1 aliphatic heterocycles. The summed E-state index contributed by atoms with van der Waals surface area (Å²) in [5, 5.41) is 9.39. The van der Waals surface area contributed by atoms with Gasteiger partial charge in [-0.25, -0.2) is 0 Å². The second kappa shape index (κ2) is 4.86. The van der Waals surface area contributed by atoms with Crippen molar-refractivity contribution in [2.24, 2.45) is 5.92 Å². The van der Waals surface area contributed by atoms with Crippen LogP contribution in [0.25, 0.3) is 0 Å². The predicted octanol–water partition coefficient (Wildman–Crippen LogP) is 2.04. The summed E-state index contributed by atoms with van der Waals surface area (Å²) >= 11 is 5.96. The summed E-state index contributed by atoms with van der Waals surface area (Å²) in [6.07, 6.45) is -0.915. The van der Waals surface area contributed by atoms with Gasteiger partial charge in [0.25, 0.3) is 0 Å². The Labute approximate surface area is 108 Å². The highest BCUT2D eigenvalue weighted by atomic mass is 35.5. The van der Waals surface area contributed by atoms with Crippen molar-refractivity contribution in [1.82, 2.24) is 0 Å². The second-order valence-corrected chi connectivity index (χ2v) is 4.36. The fraction of sp³-hybridized carbons (Fsp3) is 0.333. The van der Waals surface area contributed by atoms with Crippen LogP contribution in [0.2, 0.25) is 5.02 Å². The average molecular weight is 271 g/mol. The predicted molar refractivity (Wildman–Crippen MR) is 62.6 cm³/mol. The van der Waals surface area contributed by atoms with Crippen LogP contribution in [0.5, 0.6) is 5.75 Å². The third-order valence-electron chi connectivity index (χ3n) is 2.83. The average Bonchev–Trinajstić information content (AvgIpc) is 2.71. The number of carbonyl (C=O) groups is 2. The zero-order chi connectivity index (χ0) is 13.3. The van der Waals surface area contributed by atoms with Crippen molar-refractivity contribution in [2.45, 2.75) is 12.5 Å². The molecular formula is C12H11ClO5. The van der Waals surface area contributed by atoms with Gasteiger partial charge in [0.1, 0.15) is 17.8 Å². The van der Waals surface area contributed by atoms with Gasteiger partial charge in [-0.2, -0.15) is 0 Å². The molecule has 1 N–H and O–H groups in total. The molecular weight excluding hydrogens is 260 g/mol. The van der Waals surface area contributed by atoms with Crippen molar-refractivity contribution in [3.8, 4) is 5.75 Å². The number of aliphatic carboxylic acids is 1. The Morgan fingerprint density at radius 3 is 2.83 bits per heavy atom. The van der Waals surface area contributed by atoms with E-state index >= 15 is 0 Å². The Balaban J connectivity index is 2.33. The Morgan fingerprint density at radius 2 is 2.28 bits per heavy atom. The van der Waals surface area contributed by atoms with Crippen LogP contribution in [0.3, 0.4) is 0 Å². The van der Waals surface area contributed by atoms with Crippen LogP contribution in [0, 0.1) is 5.92 Å². The number of esters is 1. The van der Waals surface area contributed by atoms with E-state index < -0.39 is 24.0 Å². The molecule has 1 aromatic carbocycles. The first-order valence-corrected chi connectivity index (χ1v) is 5.66. The smallest absolute Gasteiger partial charge is 0.311 e. The van der Waals surface area contributed by atoms with E-state index in [9.17, 15) is 9.59 Å². The Morgan fingerprint density at radius 1 is 1.56 bits per heavy atom. The maximum atomic E-state index is 11.2. The zero-order valence-electron chi connectivity index (χ0n) is 9.55. The van der Waals surface area contributed by atoms with E-state index in [-0.39, 0.29) is 6.42 Å². The quantitative estimate of drug-likeness (QED) is 0.851. The first-order valence-electron chi connectivity index (χ1n) is 5.28. The van der Waals surface area contributed by atoms with Crippen LogP contribution in [0.4, 0.5) is 0 Å². The van der Waals surface area contributed by atoms with Gasteiger partial charge < -0.3 is 14.6 Å². The SMILES string of the molecule is COc1ccc([C@H]2OC(=O)C[C@@H]2C(=O)O)cc1Cl. The summed E-state index contributed by atoms with van der Waals surface area (Å²) in [7, 11) is 1.48. The number of cyclic esters (lactones) is 1. The van der Waals surface area contributed by atoms with Crippen molar-refractivity contribution in [2.75, 3.05) is 7.11 Å². The summed E-state index contributed by atoms with van der Waals surface area (Å²) in [6, 6.07) is 4.81. The molecule has 2 atom stereocenters. The van der Waals surface area contributed by atoms with Gasteiger partial charge in [0.15, 0.2) is 0 Å². The molecule has 1 heterocycles. The molecule has 1 aromatic rings. The Hall–Kier alpha value is -1.75. The number of benzene rings is 1. The van der Waals surface area contributed by atoms with Crippen molar-refractivity contribution < 1.29 is 24.2 Å². The highest BCUT2D eigenvalue weighted by molar-refractivity contribution is 6.32. The molecule has 1 aliphatic rings. The number of carbonyl (C=O) groups excluding carboxylic acids is 1. The molecule has 6 heteroatoms. The van der Waals surface area contributed by atoms with Crippen LogP contribution in [-0.2, 0) is 14.3 Å². The molecule has 2 rings (SSSR count). The molecule has 5 nitrogen and oxygen atoms in total. The number of ether oxygens (including phenoxy) is 2. The maximum Gasteiger partial charge on any atom is 0.311 e. The number of rotatable bonds is 3. The van der Waals surface area contributed by atoms with Crippen LogP contribution in [-0.4, -0.2) is 24.2 Å². The van der Waals surface area contributed by atoms with E-state index in [2.05, 4.69) is 0 Å². The molecule has 0 saturated carbocycles. The third kappa shape index (κ3) is 2.26. The van der Waals surface area contributed by atoms with E-state index in [4.69, 9.17) is 26.2 Å². The number of carboxylic acids is 1. The molecule has 0 spiro atoms. The van der Waals surface area contributed by atoms with Gasteiger partial charge >= 0.3 is 11.9 Å². The maximum absolute atomic E-state index is 11.2. The number of halogens is 1. The largest absolute Gasteiger partial charge is 0.495 e. The van der Waals surface area contributed by atoms with Gasteiger partial charge in [0.05, 0.1) is 18.6 Å². The molecule has 0 aromatic heterocycles. The van der Waals surface area contributed by atoms with Crippen LogP contribution < -0.4 is 4.74 Å². The molecule has 18 heavy (non-hydrogen) atoms. The first-order chi connectivity index (χ1) is 8.52. The van der Waals surface area contributed by atoms with E-state index in [1.165, 1.54) is 7.11 Å². The van der Waals surface area contributed by atoms with E-state index in [1.807, 2.05) is 0 Å². The van der Waals surface area contributed by atoms with Crippen LogP contribution >= 0.6 is 11.6 Å². The molecule has 0 unspecified atom stereocenters.